The molecule has 140 valence electrons. The Bertz CT molecular complexity index is 753. The third-order valence-electron chi connectivity index (χ3n) is 4.82. The zero-order valence-corrected chi connectivity index (χ0v) is 15.7. The van der Waals surface area contributed by atoms with Crippen molar-refractivity contribution >= 4 is 11.8 Å². The molecule has 1 atom stereocenters. The minimum Gasteiger partial charge on any atom is -0.493 e. The van der Waals surface area contributed by atoms with Gasteiger partial charge in [0, 0.05) is 31.4 Å². The van der Waals surface area contributed by atoms with E-state index in [-0.39, 0.29) is 5.95 Å². The van der Waals surface area contributed by atoms with E-state index in [0.717, 1.165) is 29.8 Å². The first-order valence-electron chi connectivity index (χ1n) is 8.98. The summed E-state index contributed by atoms with van der Waals surface area (Å²) in [5, 5.41) is 3.06. The molecular formula is C19H27N5O2. The van der Waals surface area contributed by atoms with Crippen LogP contribution in [0.4, 0.5) is 11.8 Å². The summed E-state index contributed by atoms with van der Waals surface area (Å²) in [6.07, 6.45) is 4.00. The molecular weight excluding hydrogens is 330 g/mol. The van der Waals surface area contributed by atoms with E-state index in [1.807, 2.05) is 25.2 Å². The molecule has 1 aliphatic rings. The molecule has 7 heteroatoms. The number of nitrogens with one attached hydrogen (secondary N) is 1. The molecule has 0 amide bonds. The van der Waals surface area contributed by atoms with E-state index in [1.165, 1.54) is 13.0 Å². The number of ether oxygens (including phenoxy) is 2. The minimum absolute atomic E-state index is 0.239. The molecule has 2 aromatic rings. The van der Waals surface area contributed by atoms with Crippen LogP contribution < -0.4 is 20.5 Å². The Morgan fingerprint density at radius 3 is 2.85 bits per heavy atom. The summed E-state index contributed by atoms with van der Waals surface area (Å²) in [5.41, 5.74) is 7.49. The summed E-state index contributed by atoms with van der Waals surface area (Å²) in [4.78, 5) is 10.8. The van der Waals surface area contributed by atoms with Gasteiger partial charge in [-0.25, -0.2) is 4.98 Å². The monoisotopic (exact) mass is 357 g/mol. The van der Waals surface area contributed by atoms with E-state index < -0.39 is 0 Å². The fourth-order valence-corrected chi connectivity index (χ4v) is 3.11. The predicted octanol–water partition coefficient (Wildman–Crippen LogP) is 2.64. The lowest BCUT2D eigenvalue weighted by Crippen LogP contribution is -2.46. The van der Waals surface area contributed by atoms with Crippen LogP contribution in [0.2, 0.25) is 0 Å². The molecule has 26 heavy (non-hydrogen) atoms. The number of nitrogens with two attached hydrogens (primary N) is 1. The van der Waals surface area contributed by atoms with Crippen LogP contribution in [0.5, 0.6) is 11.5 Å². The first kappa shape index (κ1) is 18.3. The molecule has 1 aromatic carbocycles. The lowest BCUT2D eigenvalue weighted by molar-refractivity contribution is 0.0965. The van der Waals surface area contributed by atoms with Crippen molar-refractivity contribution in [1.29, 1.82) is 0 Å². The third kappa shape index (κ3) is 3.99. The number of aromatic nitrogens is 2. The number of rotatable bonds is 8. The molecule has 3 rings (SSSR count). The molecule has 0 spiro atoms. The van der Waals surface area contributed by atoms with Gasteiger partial charge in [0.1, 0.15) is 5.82 Å². The Hall–Kier alpha value is -2.54. The summed E-state index contributed by atoms with van der Waals surface area (Å²) in [6.45, 7) is 5.19. The highest BCUT2D eigenvalue weighted by atomic mass is 16.5. The van der Waals surface area contributed by atoms with Crippen LogP contribution in [-0.2, 0) is 0 Å². The SMILES string of the molecule is CNc1nc(N)ncc1-c1ccc(OC)c(OCCCN2CCC2C)c1. The third-order valence-corrected chi connectivity index (χ3v) is 4.82. The Kier molecular flexibility index (Phi) is 5.78. The van der Waals surface area contributed by atoms with E-state index in [9.17, 15) is 0 Å². The normalized spacial score (nSPS) is 16.8. The zero-order valence-electron chi connectivity index (χ0n) is 15.7. The van der Waals surface area contributed by atoms with Crippen molar-refractivity contribution in [3.8, 4) is 22.6 Å². The van der Waals surface area contributed by atoms with Crippen LogP contribution in [0.3, 0.4) is 0 Å². The van der Waals surface area contributed by atoms with Gasteiger partial charge in [-0.15, -0.1) is 0 Å². The summed E-state index contributed by atoms with van der Waals surface area (Å²) in [6, 6.07) is 6.53. The molecule has 1 aliphatic heterocycles. The number of anilines is 2. The Balaban J connectivity index is 1.72. The molecule has 0 saturated carbocycles. The average Bonchev–Trinajstić information content (AvgIpc) is 2.66. The van der Waals surface area contributed by atoms with Crippen molar-refractivity contribution in [3.63, 3.8) is 0 Å². The molecule has 1 unspecified atom stereocenters. The fourth-order valence-electron chi connectivity index (χ4n) is 3.11. The second kappa shape index (κ2) is 8.23. The van der Waals surface area contributed by atoms with Crippen molar-refractivity contribution in [2.75, 3.05) is 44.9 Å². The van der Waals surface area contributed by atoms with Gasteiger partial charge in [0.2, 0.25) is 5.95 Å². The summed E-state index contributed by atoms with van der Waals surface area (Å²) in [7, 11) is 3.46. The highest BCUT2D eigenvalue weighted by Gasteiger charge is 2.22. The van der Waals surface area contributed by atoms with Gasteiger partial charge in [-0.05, 0) is 44.0 Å². The average molecular weight is 357 g/mol. The van der Waals surface area contributed by atoms with Gasteiger partial charge in [-0.2, -0.15) is 4.98 Å². The maximum absolute atomic E-state index is 6.00. The van der Waals surface area contributed by atoms with Crippen LogP contribution in [-0.4, -0.2) is 54.8 Å². The number of hydrogen-bond donors (Lipinski definition) is 2. The van der Waals surface area contributed by atoms with Crippen molar-refractivity contribution in [3.05, 3.63) is 24.4 Å². The van der Waals surface area contributed by atoms with Crippen molar-refractivity contribution in [1.82, 2.24) is 14.9 Å². The molecule has 3 N–H and O–H groups in total. The molecule has 1 saturated heterocycles. The van der Waals surface area contributed by atoms with Crippen LogP contribution in [0.1, 0.15) is 19.8 Å². The van der Waals surface area contributed by atoms with Crippen LogP contribution >= 0.6 is 0 Å². The van der Waals surface area contributed by atoms with Gasteiger partial charge < -0.3 is 25.4 Å². The molecule has 0 radical (unpaired) electrons. The number of methoxy groups -OCH3 is 1. The van der Waals surface area contributed by atoms with E-state index in [0.29, 0.717) is 24.2 Å². The van der Waals surface area contributed by atoms with Gasteiger partial charge in [0.25, 0.3) is 0 Å². The van der Waals surface area contributed by atoms with Crippen molar-refractivity contribution in [2.45, 2.75) is 25.8 Å². The summed E-state index contributed by atoms with van der Waals surface area (Å²) in [5.74, 6) is 2.36. The van der Waals surface area contributed by atoms with E-state index >= 15 is 0 Å². The molecule has 2 heterocycles. The van der Waals surface area contributed by atoms with E-state index in [1.54, 1.807) is 13.3 Å². The first-order chi connectivity index (χ1) is 12.6. The second-order valence-electron chi connectivity index (χ2n) is 6.48. The predicted molar refractivity (Wildman–Crippen MR) is 104 cm³/mol. The Labute approximate surface area is 154 Å². The van der Waals surface area contributed by atoms with E-state index in [2.05, 4.69) is 27.1 Å². The standard InChI is InChI=1S/C19H27N5O2/c1-13-7-9-24(13)8-4-10-26-17-11-14(5-6-16(17)25-3)15-12-22-19(20)23-18(15)21-2/h5-6,11-13H,4,7-10H2,1-3H3,(H3,20,21,22,23). The van der Waals surface area contributed by atoms with Crippen LogP contribution in [0.25, 0.3) is 11.1 Å². The number of benzene rings is 1. The number of likely N-dealkylation sites (tertiary alicyclic amines) is 1. The highest BCUT2D eigenvalue weighted by Crippen LogP contribution is 2.35. The van der Waals surface area contributed by atoms with Crippen molar-refractivity contribution in [2.24, 2.45) is 0 Å². The lowest BCUT2D eigenvalue weighted by Gasteiger charge is -2.38. The molecule has 0 aliphatic carbocycles. The molecule has 1 aromatic heterocycles. The smallest absolute Gasteiger partial charge is 0.221 e. The number of nitrogens with zero attached hydrogens (tertiary/aromatic N) is 3. The van der Waals surface area contributed by atoms with Gasteiger partial charge in [0.15, 0.2) is 11.5 Å². The minimum atomic E-state index is 0.239. The van der Waals surface area contributed by atoms with Crippen molar-refractivity contribution < 1.29 is 9.47 Å². The van der Waals surface area contributed by atoms with Gasteiger partial charge in [-0.3, -0.25) is 0 Å². The van der Waals surface area contributed by atoms with Gasteiger partial charge in [0.05, 0.1) is 13.7 Å². The Morgan fingerprint density at radius 1 is 1.35 bits per heavy atom. The maximum atomic E-state index is 6.00. The fraction of sp³-hybridized carbons (Fsp3) is 0.474. The van der Waals surface area contributed by atoms with Crippen LogP contribution in [0.15, 0.2) is 24.4 Å². The first-order valence-corrected chi connectivity index (χ1v) is 8.98. The van der Waals surface area contributed by atoms with Gasteiger partial charge in [-0.1, -0.05) is 6.07 Å². The highest BCUT2D eigenvalue weighted by molar-refractivity contribution is 5.76. The molecule has 1 fully saturated rings. The largest absolute Gasteiger partial charge is 0.493 e. The lowest BCUT2D eigenvalue weighted by atomic mass is 10.1. The molecule has 0 bridgehead atoms. The topological polar surface area (TPSA) is 85.5 Å². The number of nitrogen functional groups attached to an aromatic ring is 1. The van der Waals surface area contributed by atoms with E-state index in [4.69, 9.17) is 15.2 Å². The maximum Gasteiger partial charge on any atom is 0.221 e. The summed E-state index contributed by atoms with van der Waals surface area (Å²) >= 11 is 0. The summed E-state index contributed by atoms with van der Waals surface area (Å²) < 4.78 is 11.4. The second-order valence-corrected chi connectivity index (χ2v) is 6.48. The van der Waals surface area contributed by atoms with Crippen LogP contribution in [0, 0.1) is 0 Å². The Morgan fingerprint density at radius 2 is 2.19 bits per heavy atom. The molecule has 7 nitrogen and oxygen atoms in total. The zero-order chi connectivity index (χ0) is 18.5. The quantitative estimate of drug-likeness (QED) is 0.702. The number of hydrogen-bond acceptors (Lipinski definition) is 7. The van der Waals surface area contributed by atoms with Gasteiger partial charge >= 0.3 is 0 Å².